The molecule has 27 heavy (non-hydrogen) atoms. The summed E-state index contributed by atoms with van der Waals surface area (Å²) in [6, 6.07) is 14.8. The minimum absolute atomic E-state index is 0.113. The molecular formula is C21H22N2O3S. The molecule has 0 atom stereocenters. The van der Waals surface area contributed by atoms with E-state index in [-0.39, 0.29) is 5.91 Å². The summed E-state index contributed by atoms with van der Waals surface area (Å²) in [4.78, 5) is 16.4. The molecule has 1 aromatic heterocycles. The Kier molecular flexibility index (Phi) is 6.82. The Balaban J connectivity index is 1.48. The maximum Gasteiger partial charge on any atom is 0.278 e. The van der Waals surface area contributed by atoms with Crippen LogP contribution in [-0.4, -0.2) is 17.5 Å². The number of carbonyl (C=O) groups is 1. The summed E-state index contributed by atoms with van der Waals surface area (Å²) in [6.45, 7) is 3.27. The van der Waals surface area contributed by atoms with Gasteiger partial charge in [-0.15, -0.1) is 0 Å². The van der Waals surface area contributed by atoms with Crippen LogP contribution < -0.4 is 14.8 Å². The van der Waals surface area contributed by atoms with Crippen molar-refractivity contribution in [3.8, 4) is 16.7 Å². The summed E-state index contributed by atoms with van der Waals surface area (Å²) in [6.07, 6.45) is 3.82. The second-order valence-corrected chi connectivity index (χ2v) is 6.81. The largest absolute Gasteiger partial charge is 0.494 e. The zero-order chi connectivity index (χ0) is 18.9. The Morgan fingerprint density at radius 2 is 1.81 bits per heavy atom. The Morgan fingerprint density at radius 3 is 2.48 bits per heavy atom. The molecule has 3 rings (SSSR count). The molecule has 0 fully saturated rings. The summed E-state index contributed by atoms with van der Waals surface area (Å²) >= 11 is 1.44. The van der Waals surface area contributed by atoms with Gasteiger partial charge in [0.15, 0.2) is 0 Å². The highest BCUT2D eigenvalue weighted by atomic mass is 32.1. The Hall–Kier alpha value is -2.86. The monoisotopic (exact) mass is 382 g/mol. The van der Waals surface area contributed by atoms with Gasteiger partial charge in [0.05, 0.1) is 6.61 Å². The molecule has 1 heterocycles. The number of aromatic nitrogens is 1. The number of hydrogen-bond acceptors (Lipinski definition) is 5. The molecule has 0 radical (unpaired) electrons. The van der Waals surface area contributed by atoms with Crippen LogP contribution in [0, 0.1) is 0 Å². The molecule has 0 aliphatic heterocycles. The second kappa shape index (κ2) is 9.73. The molecule has 0 saturated carbocycles. The van der Waals surface area contributed by atoms with E-state index in [1.807, 2.05) is 41.8 Å². The zero-order valence-electron chi connectivity index (χ0n) is 15.2. The zero-order valence-corrected chi connectivity index (χ0v) is 16.0. The van der Waals surface area contributed by atoms with Gasteiger partial charge in [-0.25, -0.2) is 4.98 Å². The number of amides is 1. The van der Waals surface area contributed by atoms with Crippen molar-refractivity contribution in [1.82, 2.24) is 10.3 Å². The first-order chi connectivity index (χ1) is 13.2. The summed E-state index contributed by atoms with van der Waals surface area (Å²) < 4.78 is 11.2. The third-order valence-corrected chi connectivity index (χ3v) is 4.52. The van der Waals surface area contributed by atoms with Crippen molar-refractivity contribution in [3.05, 3.63) is 71.2 Å². The predicted molar refractivity (Wildman–Crippen MR) is 107 cm³/mol. The van der Waals surface area contributed by atoms with Gasteiger partial charge in [-0.3, -0.25) is 4.79 Å². The van der Waals surface area contributed by atoms with Gasteiger partial charge in [0.2, 0.25) is 0 Å². The normalized spacial score (nSPS) is 10.4. The van der Waals surface area contributed by atoms with Crippen molar-refractivity contribution in [3.63, 3.8) is 0 Å². The average molecular weight is 382 g/mol. The fourth-order valence-corrected chi connectivity index (χ4v) is 2.86. The minimum atomic E-state index is -0.113. The molecule has 5 nitrogen and oxygen atoms in total. The highest BCUT2D eigenvalue weighted by molar-refractivity contribution is 7.11. The molecule has 0 saturated heterocycles. The number of unbranched alkanes of at least 4 members (excludes halogenated alkanes) is 1. The molecule has 140 valence electrons. The quantitative estimate of drug-likeness (QED) is 0.527. The SMILES string of the molecule is CCCCOc1ccc(C(=O)NCc2ccc(Oc3nccs3)cc2)cc1. The number of carbonyl (C=O) groups excluding carboxylic acids is 1. The Morgan fingerprint density at radius 1 is 1.07 bits per heavy atom. The van der Waals surface area contributed by atoms with E-state index < -0.39 is 0 Å². The fraction of sp³-hybridized carbons (Fsp3) is 0.238. The summed E-state index contributed by atoms with van der Waals surface area (Å²) in [5.41, 5.74) is 1.61. The van der Waals surface area contributed by atoms with E-state index in [0.29, 0.717) is 23.9 Å². The lowest BCUT2D eigenvalue weighted by Crippen LogP contribution is -2.22. The molecule has 2 aromatic carbocycles. The number of benzene rings is 2. The standard InChI is InChI=1S/C21H22N2O3S/c1-2-3-13-25-18-10-6-17(7-11-18)20(24)23-15-16-4-8-19(9-5-16)26-21-22-12-14-27-21/h4-12,14H,2-3,13,15H2,1H3,(H,23,24). The smallest absolute Gasteiger partial charge is 0.278 e. The lowest BCUT2D eigenvalue weighted by atomic mass is 10.2. The van der Waals surface area contributed by atoms with Crippen molar-refractivity contribution >= 4 is 17.2 Å². The molecule has 6 heteroatoms. The maximum atomic E-state index is 12.3. The van der Waals surface area contributed by atoms with Crippen LogP contribution in [0.2, 0.25) is 0 Å². The molecule has 0 aliphatic carbocycles. The molecule has 0 unspecified atom stereocenters. The number of nitrogens with one attached hydrogen (secondary N) is 1. The highest BCUT2D eigenvalue weighted by Gasteiger charge is 2.06. The van der Waals surface area contributed by atoms with E-state index >= 15 is 0 Å². The van der Waals surface area contributed by atoms with Crippen LogP contribution in [-0.2, 0) is 6.54 Å². The van der Waals surface area contributed by atoms with E-state index in [4.69, 9.17) is 9.47 Å². The van der Waals surface area contributed by atoms with Crippen LogP contribution in [0.5, 0.6) is 16.7 Å². The lowest BCUT2D eigenvalue weighted by molar-refractivity contribution is 0.0951. The number of hydrogen-bond donors (Lipinski definition) is 1. The van der Waals surface area contributed by atoms with Gasteiger partial charge in [0.1, 0.15) is 11.5 Å². The number of nitrogens with zero attached hydrogens (tertiary/aromatic N) is 1. The van der Waals surface area contributed by atoms with Crippen LogP contribution in [0.3, 0.4) is 0 Å². The summed E-state index contributed by atoms with van der Waals surface area (Å²) in [5, 5.41) is 5.39. The first-order valence-electron chi connectivity index (χ1n) is 8.92. The van der Waals surface area contributed by atoms with Gasteiger partial charge < -0.3 is 14.8 Å². The van der Waals surface area contributed by atoms with Crippen LogP contribution in [0.15, 0.2) is 60.1 Å². The van der Waals surface area contributed by atoms with E-state index in [9.17, 15) is 4.79 Å². The van der Waals surface area contributed by atoms with Gasteiger partial charge in [-0.05, 0) is 48.4 Å². The molecular weight excluding hydrogens is 360 g/mol. The first-order valence-corrected chi connectivity index (χ1v) is 9.80. The third kappa shape index (κ3) is 5.82. The first kappa shape index (κ1) is 18.9. The van der Waals surface area contributed by atoms with Gasteiger partial charge in [-0.2, -0.15) is 0 Å². The maximum absolute atomic E-state index is 12.3. The van der Waals surface area contributed by atoms with Gasteiger partial charge >= 0.3 is 0 Å². The van der Waals surface area contributed by atoms with Crippen molar-refractivity contribution in [2.24, 2.45) is 0 Å². The molecule has 1 N–H and O–H groups in total. The Bertz CT molecular complexity index is 831. The second-order valence-electron chi connectivity index (χ2n) is 5.95. The molecule has 3 aromatic rings. The van der Waals surface area contributed by atoms with Gasteiger partial charge in [-0.1, -0.05) is 36.8 Å². The van der Waals surface area contributed by atoms with E-state index in [1.165, 1.54) is 11.3 Å². The van der Waals surface area contributed by atoms with E-state index in [1.54, 1.807) is 18.3 Å². The highest BCUT2D eigenvalue weighted by Crippen LogP contribution is 2.23. The fourth-order valence-electron chi connectivity index (χ4n) is 2.36. The van der Waals surface area contributed by atoms with Crippen molar-refractivity contribution in [2.75, 3.05) is 6.61 Å². The lowest BCUT2D eigenvalue weighted by Gasteiger charge is -2.08. The van der Waals surface area contributed by atoms with Crippen LogP contribution in [0.1, 0.15) is 35.7 Å². The molecule has 0 bridgehead atoms. The van der Waals surface area contributed by atoms with Gasteiger partial charge in [0.25, 0.3) is 11.1 Å². The summed E-state index contributed by atoms with van der Waals surface area (Å²) in [5.74, 6) is 1.40. The number of thiazole rings is 1. The van der Waals surface area contributed by atoms with Crippen molar-refractivity contribution in [1.29, 1.82) is 0 Å². The number of rotatable bonds is 9. The molecule has 1 amide bonds. The van der Waals surface area contributed by atoms with E-state index in [2.05, 4.69) is 17.2 Å². The van der Waals surface area contributed by atoms with Crippen LogP contribution >= 0.6 is 11.3 Å². The van der Waals surface area contributed by atoms with Gasteiger partial charge in [0, 0.05) is 23.7 Å². The summed E-state index contributed by atoms with van der Waals surface area (Å²) in [7, 11) is 0. The van der Waals surface area contributed by atoms with Crippen LogP contribution in [0.25, 0.3) is 0 Å². The molecule has 0 aliphatic rings. The number of ether oxygens (including phenoxy) is 2. The minimum Gasteiger partial charge on any atom is -0.494 e. The Labute approximate surface area is 163 Å². The van der Waals surface area contributed by atoms with Crippen molar-refractivity contribution < 1.29 is 14.3 Å². The van der Waals surface area contributed by atoms with E-state index in [0.717, 1.165) is 29.9 Å². The predicted octanol–water partition coefficient (Wildman–Crippen LogP) is 5.04. The third-order valence-electron chi connectivity index (χ3n) is 3.87. The molecule has 0 spiro atoms. The average Bonchev–Trinajstić information content (AvgIpc) is 3.21. The van der Waals surface area contributed by atoms with Crippen LogP contribution in [0.4, 0.5) is 0 Å². The van der Waals surface area contributed by atoms with Crippen molar-refractivity contribution in [2.45, 2.75) is 26.3 Å². The topological polar surface area (TPSA) is 60.5 Å².